The molecule has 1 aliphatic carbocycles. The molecule has 1 amide bonds. The van der Waals surface area contributed by atoms with Crippen LogP contribution in [0.5, 0.6) is 0 Å². The molecule has 0 radical (unpaired) electrons. The lowest BCUT2D eigenvalue weighted by Gasteiger charge is -2.30. The van der Waals surface area contributed by atoms with Gasteiger partial charge in [0.05, 0.1) is 6.04 Å². The number of carbonyl (C=O) groups excluding carboxylic acids is 1. The molecule has 1 atom stereocenters. The highest BCUT2D eigenvalue weighted by molar-refractivity contribution is 5.81. The summed E-state index contributed by atoms with van der Waals surface area (Å²) in [5.41, 5.74) is 0. The first-order valence-corrected chi connectivity index (χ1v) is 8.21. The molecule has 112 valence electrons. The normalized spacial score (nSPS) is 25.0. The van der Waals surface area contributed by atoms with Gasteiger partial charge >= 0.3 is 0 Å². The van der Waals surface area contributed by atoms with Crippen LogP contribution in [0.15, 0.2) is 0 Å². The van der Waals surface area contributed by atoms with E-state index in [0.717, 1.165) is 18.9 Å². The number of carbonyl (C=O) groups is 1. The van der Waals surface area contributed by atoms with Crippen LogP contribution in [0, 0.1) is 5.92 Å². The lowest BCUT2D eigenvalue weighted by molar-refractivity contribution is -0.123. The smallest absolute Gasteiger partial charge is 0.236 e. The molecule has 19 heavy (non-hydrogen) atoms. The van der Waals surface area contributed by atoms with Crippen molar-refractivity contribution < 1.29 is 4.79 Å². The van der Waals surface area contributed by atoms with Crippen molar-refractivity contribution in [2.24, 2.45) is 5.92 Å². The molecule has 1 fully saturated rings. The van der Waals surface area contributed by atoms with Crippen molar-refractivity contribution in [1.29, 1.82) is 0 Å². The average Bonchev–Trinajstić information content (AvgIpc) is 2.44. The van der Waals surface area contributed by atoms with Crippen molar-refractivity contribution >= 4 is 5.91 Å². The van der Waals surface area contributed by atoms with Gasteiger partial charge < -0.3 is 10.6 Å². The quantitative estimate of drug-likeness (QED) is 0.664. The Hall–Kier alpha value is -0.570. The van der Waals surface area contributed by atoms with E-state index >= 15 is 0 Å². The van der Waals surface area contributed by atoms with E-state index in [1.807, 2.05) is 6.92 Å². The first-order valence-electron chi connectivity index (χ1n) is 8.21. The number of amides is 1. The molecule has 0 aliphatic heterocycles. The van der Waals surface area contributed by atoms with Crippen molar-refractivity contribution in [3.63, 3.8) is 0 Å². The molecule has 0 aromatic heterocycles. The lowest BCUT2D eigenvalue weighted by atomic mass is 9.84. The molecule has 2 N–H and O–H groups in total. The molecule has 0 aromatic rings. The van der Waals surface area contributed by atoms with Crippen LogP contribution >= 0.6 is 0 Å². The zero-order chi connectivity index (χ0) is 14.1. The van der Waals surface area contributed by atoms with E-state index in [9.17, 15) is 4.79 Å². The summed E-state index contributed by atoms with van der Waals surface area (Å²) >= 11 is 0. The Balaban J connectivity index is 2.15. The summed E-state index contributed by atoms with van der Waals surface area (Å²) in [7, 11) is 0. The predicted molar refractivity (Wildman–Crippen MR) is 81.2 cm³/mol. The lowest BCUT2D eigenvalue weighted by Crippen LogP contribution is -2.47. The van der Waals surface area contributed by atoms with Gasteiger partial charge in [0.15, 0.2) is 0 Å². The van der Waals surface area contributed by atoms with Crippen LogP contribution in [0.25, 0.3) is 0 Å². The molecule has 1 saturated carbocycles. The predicted octanol–water partition coefficient (Wildman–Crippen LogP) is 3.24. The van der Waals surface area contributed by atoms with Gasteiger partial charge in [-0.3, -0.25) is 4.79 Å². The van der Waals surface area contributed by atoms with Crippen LogP contribution < -0.4 is 10.6 Å². The van der Waals surface area contributed by atoms with E-state index in [1.165, 1.54) is 44.9 Å². The van der Waals surface area contributed by atoms with Gasteiger partial charge in [-0.25, -0.2) is 0 Å². The largest absolute Gasteiger partial charge is 0.355 e. The molecule has 1 unspecified atom stereocenters. The number of nitrogens with one attached hydrogen (secondary N) is 2. The van der Waals surface area contributed by atoms with Crippen molar-refractivity contribution in [3.05, 3.63) is 0 Å². The first kappa shape index (κ1) is 16.5. The third-order valence-corrected chi connectivity index (χ3v) is 4.38. The Morgan fingerprint density at radius 3 is 2.42 bits per heavy atom. The maximum atomic E-state index is 11.9. The molecule has 3 heteroatoms. The second kappa shape index (κ2) is 9.35. The minimum Gasteiger partial charge on any atom is -0.355 e. The molecule has 1 rings (SSSR count). The molecular formula is C16H32N2O. The van der Waals surface area contributed by atoms with Gasteiger partial charge in [0.25, 0.3) is 0 Å². The monoisotopic (exact) mass is 268 g/mol. The summed E-state index contributed by atoms with van der Waals surface area (Å²) < 4.78 is 0. The first-order chi connectivity index (χ1) is 9.17. The third kappa shape index (κ3) is 6.42. The minimum absolute atomic E-state index is 0.0511. The molecule has 0 spiro atoms. The number of unbranched alkanes of at least 4 members (excludes halogenated alkanes) is 2. The second-order valence-corrected chi connectivity index (χ2v) is 6.01. The van der Waals surface area contributed by atoms with Crippen LogP contribution in [0.1, 0.15) is 72.1 Å². The van der Waals surface area contributed by atoms with Gasteiger partial charge in [-0.15, -0.1) is 0 Å². The Labute approximate surface area is 118 Å². The Bertz CT molecular complexity index is 247. The molecule has 0 saturated heterocycles. The zero-order valence-corrected chi connectivity index (χ0v) is 13.0. The van der Waals surface area contributed by atoms with Crippen molar-refractivity contribution in [1.82, 2.24) is 10.6 Å². The van der Waals surface area contributed by atoms with E-state index in [-0.39, 0.29) is 11.9 Å². The van der Waals surface area contributed by atoms with E-state index in [0.29, 0.717) is 6.04 Å². The maximum absolute atomic E-state index is 11.9. The van der Waals surface area contributed by atoms with Gasteiger partial charge in [-0.1, -0.05) is 33.1 Å². The van der Waals surface area contributed by atoms with Crippen LogP contribution in [0.2, 0.25) is 0 Å². The van der Waals surface area contributed by atoms with E-state index in [2.05, 4.69) is 24.5 Å². The van der Waals surface area contributed by atoms with Crippen LogP contribution in [0.4, 0.5) is 0 Å². The maximum Gasteiger partial charge on any atom is 0.236 e. The van der Waals surface area contributed by atoms with E-state index in [1.54, 1.807) is 0 Å². The highest BCUT2D eigenvalue weighted by Gasteiger charge is 2.22. The van der Waals surface area contributed by atoms with Crippen LogP contribution in [0.3, 0.4) is 0 Å². The summed E-state index contributed by atoms with van der Waals surface area (Å²) in [6.07, 6.45) is 9.89. The summed E-state index contributed by atoms with van der Waals surface area (Å²) in [5, 5.41) is 6.52. The minimum atomic E-state index is -0.0511. The topological polar surface area (TPSA) is 41.1 Å². The summed E-state index contributed by atoms with van der Waals surface area (Å²) in [5.74, 6) is 1.07. The van der Waals surface area contributed by atoms with E-state index in [4.69, 9.17) is 0 Å². The van der Waals surface area contributed by atoms with Gasteiger partial charge in [0.1, 0.15) is 0 Å². The summed E-state index contributed by atoms with van der Waals surface area (Å²) in [6, 6.07) is 0.490. The highest BCUT2D eigenvalue weighted by atomic mass is 16.2. The van der Waals surface area contributed by atoms with Gasteiger partial charge in [-0.05, 0) is 44.9 Å². The van der Waals surface area contributed by atoms with Gasteiger partial charge in [-0.2, -0.15) is 0 Å². The zero-order valence-electron chi connectivity index (χ0n) is 13.0. The fourth-order valence-corrected chi connectivity index (χ4v) is 2.91. The molecule has 3 nitrogen and oxygen atoms in total. The number of hydrogen-bond donors (Lipinski definition) is 2. The number of hydrogen-bond acceptors (Lipinski definition) is 2. The van der Waals surface area contributed by atoms with Gasteiger partial charge in [0.2, 0.25) is 5.91 Å². The Morgan fingerprint density at radius 2 is 1.84 bits per heavy atom. The van der Waals surface area contributed by atoms with Crippen LogP contribution in [-0.4, -0.2) is 24.5 Å². The van der Waals surface area contributed by atoms with Gasteiger partial charge in [0, 0.05) is 12.6 Å². The highest BCUT2D eigenvalue weighted by Crippen LogP contribution is 2.26. The average molecular weight is 268 g/mol. The number of rotatable bonds is 8. The van der Waals surface area contributed by atoms with Crippen molar-refractivity contribution in [3.8, 4) is 0 Å². The SMILES string of the molecule is CCCCCNC(=O)C(C)NC1CCC(CC)CC1. The fraction of sp³-hybridized carbons (Fsp3) is 0.938. The fourth-order valence-electron chi connectivity index (χ4n) is 2.91. The molecule has 0 aromatic carbocycles. The second-order valence-electron chi connectivity index (χ2n) is 6.01. The molecular weight excluding hydrogens is 236 g/mol. The molecule has 0 heterocycles. The van der Waals surface area contributed by atoms with Crippen LogP contribution in [-0.2, 0) is 4.79 Å². The summed E-state index contributed by atoms with van der Waals surface area (Å²) in [4.78, 5) is 11.9. The standard InChI is InChI=1S/C16H32N2O/c1-4-6-7-12-17-16(19)13(3)18-15-10-8-14(5-2)9-11-15/h13-15,18H,4-12H2,1-3H3,(H,17,19). The van der Waals surface area contributed by atoms with E-state index < -0.39 is 0 Å². The summed E-state index contributed by atoms with van der Waals surface area (Å²) in [6.45, 7) is 7.27. The Morgan fingerprint density at radius 1 is 1.16 bits per heavy atom. The van der Waals surface area contributed by atoms with Crippen molar-refractivity contribution in [2.45, 2.75) is 84.2 Å². The third-order valence-electron chi connectivity index (χ3n) is 4.38. The molecule has 0 bridgehead atoms. The Kier molecular flexibility index (Phi) is 8.11. The van der Waals surface area contributed by atoms with Crippen molar-refractivity contribution in [2.75, 3.05) is 6.54 Å². The molecule has 1 aliphatic rings.